The topological polar surface area (TPSA) is 9.23 Å². The fourth-order valence-electron chi connectivity index (χ4n) is 1.39. The summed E-state index contributed by atoms with van der Waals surface area (Å²) in [4.78, 5) is 0. The second-order valence-electron chi connectivity index (χ2n) is 3.87. The summed E-state index contributed by atoms with van der Waals surface area (Å²) >= 11 is 2.91. The molecule has 0 saturated heterocycles. The van der Waals surface area contributed by atoms with Crippen LogP contribution in [0.15, 0.2) is 22.7 Å². The first-order valence-corrected chi connectivity index (χ1v) is 5.76. The fraction of sp³-hybridized carbons (Fsp3) is 0.455. The molecule has 0 heterocycles. The molecule has 1 saturated carbocycles. The average Bonchev–Trinajstić information content (AvgIpc) is 2.95. The summed E-state index contributed by atoms with van der Waals surface area (Å²) in [6.45, 7) is 0.375. The van der Waals surface area contributed by atoms with Crippen molar-refractivity contribution in [1.29, 1.82) is 0 Å². The SMILES string of the molecule is FC(F)(F)c1c(Br)cccc1OCC1CC1. The maximum absolute atomic E-state index is 12.7. The number of rotatable bonds is 3. The minimum Gasteiger partial charge on any atom is -0.493 e. The van der Waals surface area contributed by atoms with Gasteiger partial charge in [-0.15, -0.1) is 0 Å². The van der Waals surface area contributed by atoms with Gasteiger partial charge in [0, 0.05) is 4.47 Å². The summed E-state index contributed by atoms with van der Waals surface area (Å²) in [6.07, 6.45) is -2.29. The van der Waals surface area contributed by atoms with Crippen LogP contribution in [0.25, 0.3) is 0 Å². The summed E-state index contributed by atoms with van der Waals surface area (Å²) in [5.41, 5.74) is -0.726. The normalized spacial score (nSPS) is 16.2. The van der Waals surface area contributed by atoms with E-state index in [1.54, 1.807) is 6.07 Å². The summed E-state index contributed by atoms with van der Waals surface area (Å²) in [6, 6.07) is 4.27. The molecule has 0 spiro atoms. The molecule has 0 unspecified atom stereocenters. The van der Waals surface area contributed by atoms with Gasteiger partial charge in [-0.3, -0.25) is 0 Å². The van der Waals surface area contributed by atoms with E-state index in [9.17, 15) is 13.2 Å². The van der Waals surface area contributed by atoms with Crippen LogP contribution < -0.4 is 4.74 Å². The highest BCUT2D eigenvalue weighted by Gasteiger charge is 2.37. The fourth-order valence-corrected chi connectivity index (χ4v) is 1.96. The monoisotopic (exact) mass is 294 g/mol. The molecule has 1 nitrogen and oxygen atoms in total. The molecule has 1 aromatic rings. The molecule has 0 aromatic heterocycles. The van der Waals surface area contributed by atoms with E-state index < -0.39 is 11.7 Å². The Morgan fingerprint density at radius 1 is 1.31 bits per heavy atom. The maximum atomic E-state index is 12.7. The van der Waals surface area contributed by atoms with Gasteiger partial charge in [-0.1, -0.05) is 22.0 Å². The number of benzene rings is 1. The summed E-state index contributed by atoms with van der Waals surface area (Å²) in [7, 11) is 0. The van der Waals surface area contributed by atoms with Crippen molar-refractivity contribution in [1.82, 2.24) is 0 Å². The molecule has 5 heteroatoms. The van der Waals surface area contributed by atoms with Gasteiger partial charge in [-0.25, -0.2) is 0 Å². The Morgan fingerprint density at radius 3 is 2.56 bits per heavy atom. The van der Waals surface area contributed by atoms with Gasteiger partial charge in [-0.2, -0.15) is 13.2 Å². The van der Waals surface area contributed by atoms with Crippen molar-refractivity contribution < 1.29 is 17.9 Å². The van der Waals surface area contributed by atoms with Crippen molar-refractivity contribution in [2.75, 3.05) is 6.61 Å². The molecule has 0 aliphatic heterocycles. The zero-order valence-corrected chi connectivity index (χ0v) is 9.94. The van der Waals surface area contributed by atoms with Crippen LogP contribution in [-0.4, -0.2) is 6.61 Å². The van der Waals surface area contributed by atoms with Gasteiger partial charge >= 0.3 is 6.18 Å². The molecule has 0 amide bonds. The quantitative estimate of drug-likeness (QED) is 0.809. The number of alkyl halides is 3. The number of halogens is 4. The predicted molar refractivity (Wildman–Crippen MR) is 57.4 cm³/mol. The molecule has 0 N–H and O–H groups in total. The minimum atomic E-state index is -4.39. The zero-order valence-electron chi connectivity index (χ0n) is 8.35. The molecular formula is C11H10BrF3O. The first-order valence-electron chi connectivity index (χ1n) is 4.97. The lowest BCUT2D eigenvalue weighted by Crippen LogP contribution is -2.10. The third kappa shape index (κ3) is 2.70. The van der Waals surface area contributed by atoms with Crippen molar-refractivity contribution in [3.63, 3.8) is 0 Å². The van der Waals surface area contributed by atoms with Crippen LogP contribution in [0, 0.1) is 5.92 Å². The lowest BCUT2D eigenvalue weighted by Gasteiger charge is -2.15. The lowest BCUT2D eigenvalue weighted by atomic mass is 10.2. The van der Waals surface area contributed by atoms with E-state index in [4.69, 9.17) is 4.74 Å². The third-order valence-electron chi connectivity index (χ3n) is 2.43. The van der Waals surface area contributed by atoms with Crippen molar-refractivity contribution in [3.05, 3.63) is 28.2 Å². The van der Waals surface area contributed by atoms with E-state index in [-0.39, 0.29) is 10.2 Å². The second-order valence-corrected chi connectivity index (χ2v) is 4.72. The number of hydrogen-bond donors (Lipinski definition) is 0. The molecular weight excluding hydrogens is 285 g/mol. The standard InChI is InChI=1S/C11H10BrF3O/c12-8-2-1-3-9(10(8)11(13,14)15)16-6-7-4-5-7/h1-3,7H,4-6H2. The molecule has 0 atom stereocenters. The first-order chi connectivity index (χ1) is 7.48. The smallest absolute Gasteiger partial charge is 0.421 e. The first kappa shape index (κ1) is 11.8. The van der Waals surface area contributed by atoms with Gasteiger partial charge in [0.1, 0.15) is 11.3 Å². The Morgan fingerprint density at radius 2 is 2.00 bits per heavy atom. The van der Waals surface area contributed by atoms with Crippen molar-refractivity contribution in [3.8, 4) is 5.75 Å². The number of ether oxygens (including phenoxy) is 1. The van der Waals surface area contributed by atoms with Crippen LogP contribution in [0.2, 0.25) is 0 Å². The molecule has 88 valence electrons. The van der Waals surface area contributed by atoms with Crippen LogP contribution in [0.4, 0.5) is 13.2 Å². The molecule has 2 rings (SSSR count). The molecule has 1 aromatic carbocycles. The van der Waals surface area contributed by atoms with E-state index in [1.165, 1.54) is 12.1 Å². The second kappa shape index (κ2) is 4.28. The van der Waals surface area contributed by atoms with E-state index in [0.717, 1.165) is 12.8 Å². The van der Waals surface area contributed by atoms with Gasteiger partial charge in [0.2, 0.25) is 0 Å². The van der Waals surface area contributed by atoms with Crippen LogP contribution >= 0.6 is 15.9 Å². The van der Waals surface area contributed by atoms with E-state index in [2.05, 4.69) is 15.9 Å². The van der Waals surface area contributed by atoms with Gasteiger partial charge in [-0.05, 0) is 30.9 Å². The average molecular weight is 295 g/mol. The van der Waals surface area contributed by atoms with E-state index >= 15 is 0 Å². The predicted octanol–water partition coefficient (Wildman–Crippen LogP) is 4.26. The van der Waals surface area contributed by atoms with Gasteiger partial charge < -0.3 is 4.74 Å². The Kier molecular flexibility index (Phi) is 3.15. The van der Waals surface area contributed by atoms with Crippen LogP contribution in [0.3, 0.4) is 0 Å². The van der Waals surface area contributed by atoms with Gasteiger partial charge in [0.25, 0.3) is 0 Å². The van der Waals surface area contributed by atoms with Crippen LogP contribution in [0.5, 0.6) is 5.75 Å². The zero-order chi connectivity index (χ0) is 11.8. The van der Waals surface area contributed by atoms with Crippen molar-refractivity contribution in [2.24, 2.45) is 5.92 Å². The largest absolute Gasteiger partial charge is 0.493 e. The minimum absolute atomic E-state index is 0.0216. The summed E-state index contributed by atoms with van der Waals surface area (Å²) < 4.78 is 43.5. The molecule has 0 bridgehead atoms. The molecule has 0 radical (unpaired) electrons. The molecule has 1 aliphatic carbocycles. The molecule has 16 heavy (non-hydrogen) atoms. The van der Waals surface area contributed by atoms with Gasteiger partial charge in [0.15, 0.2) is 0 Å². The summed E-state index contributed by atoms with van der Waals surface area (Å²) in [5, 5.41) is 0. The van der Waals surface area contributed by atoms with Crippen molar-refractivity contribution >= 4 is 15.9 Å². The van der Waals surface area contributed by atoms with Crippen LogP contribution in [0.1, 0.15) is 18.4 Å². The summed E-state index contributed by atoms with van der Waals surface area (Å²) in [5.74, 6) is 0.342. The number of hydrogen-bond acceptors (Lipinski definition) is 1. The maximum Gasteiger partial charge on any atom is 0.421 e. The highest BCUT2D eigenvalue weighted by atomic mass is 79.9. The Labute approximate surface area is 99.7 Å². The lowest BCUT2D eigenvalue weighted by molar-refractivity contribution is -0.139. The Hall–Kier alpha value is -0.710. The van der Waals surface area contributed by atoms with Gasteiger partial charge in [0.05, 0.1) is 6.61 Å². The Balaban J connectivity index is 2.24. The third-order valence-corrected chi connectivity index (χ3v) is 3.09. The highest BCUT2D eigenvalue weighted by molar-refractivity contribution is 9.10. The van der Waals surface area contributed by atoms with E-state index in [1.807, 2.05) is 0 Å². The molecule has 1 fully saturated rings. The van der Waals surface area contributed by atoms with Crippen LogP contribution in [-0.2, 0) is 6.18 Å². The van der Waals surface area contributed by atoms with E-state index in [0.29, 0.717) is 12.5 Å². The molecule has 1 aliphatic rings. The highest BCUT2D eigenvalue weighted by Crippen LogP contribution is 2.41. The Bertz CT molecular complexity index is 385. The van der Waals surface area contributed by atoms with Crippen molar-refractivity contribution in [2.45, 2.75) is 19.0 Å².